The molecule has 3 nitrogen and oxygen atoms in total. The quantitative estimate of drug-likeness (QED) is 0.809. The fraction of sp³-hybridized carbons (Fsp3) is 0. The largest absolute Gasteiger partial charge is 0.507 e. The van der Waals surface area contributed by atoms with Crippen LogP contribution < -0.4 is 0 Å². The van der Waals surface area contributed by atoms with E-state index in [2.05, 4.69) is 0 Å². The standard InChI is InChI=1S/C15H12O3/c16-14-10-13(15(17)18)9-8-12(14)7-6-11-4-2-1-3-5-11/h1-10,16H,(H,17,18)/b7-6+. The summed E-state index contributed by atoms with van der Waals surface area (Å²) in [5, 5.41) is 18.5. The van der Waals surface area contributed by atoms with E-state index in [4.69, 9.17) is 5.11 Å². The maximum atomic E-state index is 10.7. The maximum absolute atomic E-state index is 10.7. The lowest BCUT2D eigenvalue weighted by atomic mass is 10.1. The van der Waals surface area contributed by atoms with Crippen molar-refractivity contribution < 1.29 is 15.0 Å². The molecular formula is C15H12O3. The Balaban J connectivity index is 2.25. The van der Waals surface area contributed by atoms with Gasteiger partial charge in [-0.1, -0.05) is 48.6 Å². The Morgan fingerprint density at radius 1 is 1.00 bits per heavy atom. The third-order valence-corrected chi connectivity index (χ3v) is 2.53. The minimum Gasteiger partial charge on any atom is -0.507 e. The number of aromatic hydroxyl groups is 1. The van der Waals surface area contributed by atoms with Gasteiger partial charge in [0, 0.05) is 5.56 Å². The van der Waals surface area contributed by atoms with E-state index in [1.165, 1.54) is 12.1 Å². The molecule has 0 aromatic heterocycles. The van der Waals surface area contributed by atoms with Gasteiger partial charge in [-0.2, -0.15) is 0 Å². The molecule has 0 aliphatic heterocycles. The van der Waals surface area contributed by atoms with E-state index < -0.39 is 5.97 Å². The van der Waals surface area contributed by atoms with Crippen molar-refractivity contribution in [3.8, 4) is 5.75 Å². The molecule has 0 unspecified atom stereocenters. The van der Waals surface area contributed by atoms with Crippen LogP contribution in [0.5, 0.6) is 5.75 Å². The molecule has 0 aliphatic carbocycles. The first-order chi connectivity index (χ1) is 8.66. The Hall–Kier alpha value is -2.55. The van der Waals surface area contributed by atoms with Crippen LogP contribution in [0.2, 0.25) is 0 Å². The third-order valence-electron chi connectivity index (χ3n) is 2.53. The van der Waals surface area contributed by atoms with Gasteiger partial charge in [0.2, 0.25) is 0 Å². The Morgan fingerprint density at radius 2 is 1.72 bits per heavy atom. The van der Waals surface area contributed by atoms with Crippen LogP contribution in [0.4, 0.5) is 0 Å². The summed E-state index contributed by atoms with van der Waals surface area (Å²) in [5.41, 5.74) is 1.67. The Kier molecular flexibility index (Phi) is 3.44. The average molecular weight is 240 g/mol. The molecule has 2 aromatic carbocycles. The highest BCUT2D eigenvalue weighted by molar-refractivity contribution is 5.89. The topological polar surface area (TPSA) is 57.5 Å². The van der Waals surface area contributed by atoms with Crippen molar-refractivity contribution in [2.24, 2.45) is 0 Å². The minimum absolute atomic E-state index is 0.0397. The van der Waals surface area contributed by atoms with Crippen molar-refractivity contribution in [2.75, 3.05) is 0 Å². The highest BCUT2D eigenvalue weighted by Gasteiger charge is 2.05. The van der Waals surface area contributed by atoms with Crippen molar-refractivity contribution in [3.05, 3.63) is 65.2 Å². The number of aromatic carboxylic acids is 1. The number of carboxylic acid groups (broad SMARTS) is 1. The van der Waals surface area contributed by atoms with Crippen LogP contribution in [-0.4, -0.2) is 16.2 Å². The number of carbonyl (C=O) groups is 1. The molecule has 0 fully saturated rings. The molecule has 0 radical (unpaired) electrons. The van der Waals surface area contributed by atoms with E-state index in [1.54, 1.807) is 12.1 Å². The molecule has 0 bridgehead atoms. The number of hydrogen-bond donors (Lipinski definition) is 2. The second-order valence-electron chi connectivity index (χ2n) is 3.82. The fourth-order valence-electron chi connectivity index (χ4n) is 1.57. The molecule has 0 atom stereocenters. The predicted octanol–water partition coefficient (Wildman–Crippen LogP) is 3.26. The molecule has 2 rings (SSSR count). The number of rotatable bonds is 3. The summed E-state index contributed by atoms with van der Waals surface area (Å²) in [6.07, 6.45) is 3.60. The first kappa shape index (κ1) is 11.9. The zero-order chi connectivity index (χ0) is 13.0. The third kappa shape index (κ3) is 2.77. The summed E-state index contributed by atoms with van der Waals surface area (Å²) < 4.78 is 0. The summed E-state index contributed by atoms with van der Waals surface area (Å²) in [7, 11) is 0. The molecule has 2 aromatic rings. The van der Waals surface area contributed by atoms with E-state index >= 15 is 0 Å². The van der Waals surface area contributed by atoms with Crippen LogP contribution in [0.25, 0.3) is 12.2 Å². The van der Waals surface area contributed by atoms with E-state index in [9.17, 15) is 9.90 Å². The van der Waals surface area contributed by atoms with Crippen LogP contribution in [-0.2, 0) is 0 Å². The Labute approximate surface area is 105 Å². The molecule has 90 valence electrons. The maximum Gasteiger partial charge on any atom is 0.335 e. The zero-order valence-electron chi connectivity index (χ0n) is 9.58. The van der Waals surface area contributed by atoms with Crippen LogP contribution in [0.1, 0.15) is 21.5 Å². The van der Waals surface area contributed by atoms with Crippen molar-refractivity contribution in [3.63, 3.8) is 0 Å². The molecule has 0 saturated carbocycles. The molecule has 0 saturated heterocycles. The molecule has 0 heterocycles. The minimum atomic E-state index is -1.05. The number of carboxylic acids is 1. The highest BCUT2D eigenvalue weighted by atomic mass is 16.4. The summed E-state index contributed by atoms with van der Waals surface area (Å²) in [6, 6.07) is 14.0. The van der Waals surface area contributed by atoms with Gasteiger partial charge < -0.3 is 10.2 Å². The van der Waals surface area contributed by atoms with E-state index in [1.807, 2.05) is 36.4 Å². The smallest absolute Gasteiger partial charge is 0.335 e. The second kappa shape index (κ2) is 5.19. The molecule has 18 heavy (non-hydrogen) atoms. The SMILES string of the molecule is O=C(O)c1ccc(/C=C/c2ccccc2)c(O)c1. The number of hydrogen-bond acceptors (Lipinski definition) is 2. The van der Waals surface area contributed by atoms with Gasteiger partial charge in [0.15, 0.2) is 0 Å². The van der Waals surface area contributed by atoms with Gasteiger partial charge in [0.05, 0.1) is 5.56 Å². The first-order valence-corrected chi connectivity index (χ1v) is 5.46. The van der Waals surface area contributed by atoms with Crippen LogP contribution in [0.3, 0.4) is 0 Å². The number of phenolic OH excluding ortho intramolecular Hbond substituents is 1. The molecular weight excluding hydrogens is 228 g/mol. The van der Waals surface area contributed by atoms with Crippen LogP contribution in [0, 0.1) is 0 Å². The van der Waals surface area contributed by atoms with Crippen molar-refractivity contribution in [1.82, 2.24) is 0 Å². The summed E-state index contributed by atoms with van der Waals surface area (Å²) in [6.45, 7) is 0. The van der Waals surface area contributed by atoms with Crippen molar-refractivity contribution >= 4 is 18.1 Å². The molecule has 0 aliphatic rings. The summed E-state index contributed by atoms with van der Waals surface area (Å²) >= 11 is 0. The van der Waals surface area contributed by atoms with Gasteiger partial charge in [-0.15, -0.1) is 0 Å². The van der Waals surface area contributed by atoms with E-state index in [0.717, 1.165) is 5.56 Å². The van der Waals surface area contributed by atoms with Gasteiger partial charge in [-0.3, -0.25) is 0 Å². The van der Waals surface area contributed by atoms with Gasteiger partial charge in [0.25, 0.3) is 0 Å². The Bertz CT molecular complexity index is 586. The zero-order valence-corrected chi connectivity index (χ0v) is 9.58. The monoisotopic (exact) mass is 240 g/mol. The normalized spacial score (nSPS) is 10.7. The van der Waals surface area contributed by atoms with Crippen LogP contribution >= 0.6 is 0 Å². The lowest BCUT2D eigenvalue weighted by Crippen LogP contribution is -1.95. The number of benzene rings is 2. The van der Waals surface area contributed by atoms with Gasteiger partial charge in [0.1, 0.15) is 5.75 Å². The molecule has 0 amide bonds. The molecule has 3 heteroatoms. The molecule has 2 N–H and O–H groups in total. The fourth-order valence-corrected chi connectivity index (χ4v) is 1.57. The predicted molar refractivity (Wildman–Crippen MR) is 70.4 cm³/mol. The van der Waals surface area contributed by atoms with Crippen molar-refractivity contribution in [2.45, 2.75) is 0 Å². The van der Waals surface area contributed by atoms with Gasteiger partial charge >= 0.3 is 5.97 Å². The summed E-state index contributed by atoms with van der Waals surface area (Å²) in [5.74, 6) is -1.09. The van der Waals surface area contributed by atoms with Gasteiger partial charge in [-0.25, -0.2) is 4.79 Å². The van der Waals surface area contributed by atoms with Gasteiger partial charge in [-0.05, 0) is 17.7 Å². The summed E-state index contributed by atoms with van der Waals surface area (Å²) in [4.78, 5) is 10.7. The lowest BCUT2D eigenvalue weighted by Gasteiger charge is -2.01. The van der Waals surface area contributed by atoms with Crippen LogP contribution in [0.15, 0.2) is 48.5 Å². The second-order valence-corrected chi connectivity index (χ2v) is 3.82. The van der Waals surface area contributed by atoms with E-state index in [0.29, 0.717) is 5.56 Å². The number of phenols is 1. The average Bonchev–Trinajstić information content (AvgIpc) is 2.38. The first-order valence-electron chi connectivity index (χ1n) is 5.46. The Morgan fingerprint density at radius 3 is 2.33 bits per heavy atom. The highest BCUT2D eigenvalue weighted by Crippen LogP contribution is 2.21. The molecule has 0 spiro atoms. The lowest BCUT2D eigenvalue weighted by molar-refractivity contribution is 0.0696. The van der Waals surface area contributed by atoms with Crippen molar-refractivity contribution in [1.29, 1.82) is 0 Å². The van der Waals surface area contributed by atoms with E-state index in [-0.39, 0.29) is 11.3 Å².